The van der Waals surface area contributed by atoms with E-state index >= 15 is 0 Å². The van der Waals surface area contributed by atoms with Crippen LogP contribution in [-0.4, -0.2) is 96.7 Å². The van der Waals surface area contributed by atoms with Gasteiger partial charge in [0.2, 0.25) is 0 Å². The third-order valence-corrected chi connectivity index (χ3v) is 22.0. The first-order chi connectivity index (χ1) is 50.6. The monoisotopic (exact) mass is 1540 g/mol. The van der Waals surface area contributed by atoms with E-state index in [1.165, 1.54) is 250 Å². The minimum absolute atomic E-state index is 0.106. The number of esters is 4. The van der Waals surface area contributed by atoms with E-state index in [9.17, 15) is 43.2 Å². The van der Waals surface area contributed by atoms with Crippen molar-refractivity contribution < 1.29 is 80.2 Å². The Morgan fingerprint density at radius 1 is 0.238 bits per heavy atom. The first-order valence-electron chi connectivity index (χ1n) is 44.2. The standard InChI is InChI=1S/C86H168O17P2/c1-76(2)62-54-46-38-30-24-18-14-11-9-10-12-16-21-28-34-44-52-60-68-85(90)102-81(72-96-83(88)66-58-50-42-33-27-20-17-13-15-19-25-31-39-47-55-63-77(3)4)74-100-104(92,93)98-70-80(87)71-99-105(94,95)101-75-82(73-97-84(89)67-59-51-43-37-36-41-49-57-65-79(7)8)103-86(91)69-61-53-45-35-29-23-22-26-32-40-48-56-64-78(5)6/h76-82,87H,9-75H2,1-8H3,(H,92,93)(H,94,95)/t80-,81-,82-/m1/s1. The van der Waals surface area contributed by atoms with Crippen molar-refractivity contribution in [2.45, 2.75) is 465 Å². The molecular formula is C86H168O17P2. The van der Waals surface area contributed by atoms with E-state index in [-0.39, 0.29) is 25.7 Å². The lowest BCUT2D eigenvalue weighted by molar-refractivity contribution is -0.161. The van der Waals surface area contributed by atoms with Crippen LogP contribution in [0.1, 0.15) is 447 Å². The van der Waals surface area contributed by atoms with Gasteiger partial charge in [0, 0.05) is 25.7 Å². The summed E-state index contributed by atoms with van der Waals surface area (Å²) in [6, 6.07) is 0. The SMILES string of the molecule is CC(C)CCCCCCCCCCCCCCCCCCCCC(=O)O[C@H](COC(=O)CCCCCCCCCCCCCCCCCC(C)C)COP(=O)(O)OC[C@@H](O)COP(=O)(O)OC[C@@H](COC(=O)CCCCCCCCCCC(C)C)OC(=O)CCCCCCCCCCCCCCC(C)C. The Morgan fingerprint density at radius 3 is 0.590 bits per heavy atom. The summed E-state index contributed by atoms with van der Waals surface area (Å²) >= 11 is 0. The molecule has 0 rings (SSSR count). The molecule has 0 heterocycles. The van der Waals surface area contributed by atoms with Gasteiger partial charge < -0.3 is 33.8 Å². The number of aliphatic hydroxyl groups excluding tert-OH is 1. The van der Waals surface area contributed by atoms with Crippen LogP contribution in [0.4, 0.5) is 0 Å². The second-order valence-electron chi connectivity index (χ2n) is 32.8. The Balaban J connectivity index is 5.24. The van der Waals surface area contributed by atoms with Gasteiger partial charge in [0.15, 0.2) is 12.2 Å². The highest BCUT2D eigenvalue weighted by molar-refractivity contribution is 7.47. The lowest BCUT2D eigenvalue weighted by Gasteiger charge is -2.21. The average Bonchev–Trinajstić information content (AvgIpc) is 0.907. The van der Waals surface area contributed by atoms with Gasteiger partial charge in [0.05, 0.1) is 26.4 Å². The fourth-order valence-corrected chi connectivity index (χ4v) is 14.9. The van der Waals surface area contributed by atoms with Crippen molar-refractivity contribution >= 4 is 39.5 Å². The summed E-state index contributed by atoms with van der Waals surface area (Å²) in [6.07, 6.45) is 63.9. The lowest BCUT2D eigenvalue weighted by atomic mass is 10.0. The Hall–Kier alpha value is -1.94. The van der Waals surface area contributed by atoms with Gasteiger partial charge in [-0.2, -0.15) is 0 Å². The molecule has 0 bridgehead atoms. The molecule has 19 heteroatoms. The van der Waals surface area contributed by atoms with Gasteiger partial charge in [0.1, 0.15) is 19.3 Å². The average molecular weight is 1540 g/mol. The van der Waals surface area contributed by atoms with Gasteiger partial charge in [0.25, 0.3) is 0 Å². The quantitative estimate of drug-likeness (QED) is 0.0222. The number of phosphoric acid groups is 2. The number of hydrogen-bond donors (Lipinski definition) is 3. The number of hydrogen-bond acceptors (Lipinski definition) is 15. The van der Waals surface area contributed by atoms with Crippen molar-refractivity contribution in [1.82, 2.24) is 0 Å². The maximum atomic E-state index is 13.1. The summed E-state index contributed by atoms with van der Waals surface area (Å²) in [4.78, 5) is 73.2. The Bertz CT molecular complexity index is 2040. The predicted octanol–water partition coefficient (Wildman–Crippen LogP) is 25.9. The first kappa shape index (κ1) is 103. The third kappa shape index (κ3) is 79.9. The van der Waals surface area contributed by atoms with Crippen molar-refractivity contribution in [1.29, 1.82) is 0 Å². The molecule has 0 aliphatic rings. The molecule has 17 nitrogen and oxygen atoms in total. The zero-order chi connectivity index (χ0) is 77.4. The van der Waals surface area contributed by atoms with Gasteiger partial charge in [-0.05, 0) is 49.4 Å². The van der Waals surface area contributed by atoms with Crippen LogP contribution in [0.15, 0.2) is 0 Å². The number of ether oxygens (including phenoxy) is 4. The van der Waals surface area contributed by atoms with Crippen LogP contribution >= 0.6 is 15.6 Å². The molecular weight excluding hydrogens is 1370 g/mol. The number of phosphoric ester groups is 2. The molecule has 0 saturated carbocycles. The molecule has 0 aromatic heterocycles. The van der Waals surface area contributed by atoms with Crippen molar-refractivity contribution in [2.75, 3.05) is 39.6 Å². The molecule has 0 radical (unpaired) electrons. The topological polar surface area (TPSA) is 237 Å². The van der Waals surface area contributed by atoms with E-state index in [1.807, 2.05) is 0 Å². The Labute approximate surface area is 645 Å². The number of aliphatic hydroxyl groups is 1. The van der Waals surface area contributed by atoms with Crippen molar-refractivity contribution in [3.8, 4) is 0 Å². The van der Waals surface area contributed by atoms with Crippen LogP contribution in [-0.2, 0) is 65.4 Å². The minimum Gasteiger partial charge on any atom is -0.462 e. The lowest BCUT2D eigenvalue weighted by Crippen LogP contribution is -2.30. The second kappa shape index (κ2) is 74.8. The van der Waals surface area contributed by atoms with Crippen LogP contribution < -0.4 is 0 Å². The molecule has 0 saturated heterocycles. The third-order valence-electron chi connectivity index (χ3n) is 20.1. The first-order valence-corrected chi connectivity index (χ1v) is 47.2. The van der Waals surface area contributed by atoms with Crippen molar-refractivity contribution in [3.63, 3.8) is 0 Å². The van der Waals surface area contributed by atoms with E-state index < -0.39 is 97.5 Å². The second-order valence-corrected chi connectivity index (χ2v) is 35.7. The Morgan fingerprint density at radius 2 is 0.400 bits per heavy atom. The summed E-state index contributed by atoms with van der Waals surface area (Å²) in [5.74, 6) is 1.02. The highest BCUT2D eigenvalue weighted by Crippen LogP contribution is 2.45. The van der Waals surface area contributed by atoms with Crippen LogP contribution in [0.3, 0.4) is 0 Å². The highest BCUT2D eigenvalue weighted by Gasteiger charge is 2.30. The van der Waals surface area contributed by atoms with Crippen LogP contribution in [0.5, 0.6) is 0 Å². The van der Waals surface area contributed by atoms with Crippen LogP contribution in [0.25, 0.3) is 0 Å². The number of unbranched alkanes of at least 4 members (excludes halogenated alkanes) is 49. The van der Waals surface area contributed by atoms with Crippen LogP contribution in [0, 0.1) is 23.7 Å². The molecule has 0 fully saturated rings. The summed E-state index contributed by atoms with van der Waals surface area (Å²) in [6.45, 7) is 14.3. The smallest absolute Gasteiger partial charge is 0.462 e. The maximum Gasteiger partial charge on any atom is 0.472 e. The summed E-state index contributed by atoms with van der Waals surface area (Å²) in [5, 5.41) is 10.7. The molecule has 5 atom stereocenters. The van der Waals surface area contributed by atoms with Crippen LogP contribution in [0.2, 0.25) is 0 Å². The summed E-state index contributed by atoms with van der Waals surface area (Å²) in [5.41, 5.74) is 0. The van der Waals surface area contributed by atoms with E-state index in [0.717, 1.165) is 114 Å². The zero-order valence-corrected chi connectivity index (χ0v) is 71.2. The van der Waals surface area contributed by atoms with Gasteiger partial charge in [-0.1, -0.05) is 396 Å². The van der Waals surface area contributed by atoms with E-state index in [4.69, 9.17) is 37.0 Å². The summed E-state index contributed by atoms with van der Waals surface area (Å²) in [7, 11) is -9.93. The minimum atomic E-state index is -4.97. The normalized spacial score (nSPS) is 13.9. The van der Waals surface area contributed by atoms with E-state index in [0.29, 0.717) is 25.7 Å². The van der Waals surface area contributed by atoms with Gasteiger partial charge in [-0.3, -0.25) is 37.3 Å². The molecule has 2 unspecified atom stereocenters. The maximum absolute atomic E-state index is 13.1. The molecule has 0 spiro atoms. The fourth-order valence-electron chi connectivity index (χ4n) is 13.3. The molecule has 0 aromatic carbocycles. The molecule has 3 N–H and O–H groups in total. The number of rotatable bonds is 83. The zero-order valence-electron chi connectivity index (χ0n) is 69.4. The molecule has 0 aliphatic carbocycles. The van der Waals surface area contributed by atoms with E-state index in [2.05, 4.69) is 55.4 Å². The fraction of sp³-hybridized carbons (Fsp3) is 0.953. The Kier molecular flexibility index (Phi) is 73.4. The van der Waals surface area contributed by atoms with Crippen molar-refractivity contribution in [3.05, 3.63) is 0 Å². The summed E-state index contributed by atoms with van der Waals surface area (Å²) < 4.78 is 68.9. The molecule has 105 heavy (non-hydrogen) atoms. The van der Waals surface area contributed by atoms with Crippen molar-refractivity contribution in [2.24, 2.45) is 23.7 Å². The number of carbonyl (C=O) groups is 4. The van der Waals surface area contributed by atoms with Gasteiger partial charge in [-0.15, -0.1) is 0 Å². The van der Waals surface area contributed by atoms with Gasteiger partial charge in [-0.25, -0.2) is 9.13 Å². The molecule has 0 aliphatic heterocycles. The largest absolute Gasteiger partial charge is 0.472 e. The molecule has 0 aromatic rings. The molecule has 0 amide bonds. The predicted molar refractivity (Wildman–Crippen MR) is 432 cm³/mol. The number of carbonyl (C=O) groups excluding carboxylic acids is 4. The van der Waals surface area contributed by atoms with Gasteiger partial charge >= 0.3 is 39.5 Å². The molecule has 624 valence electrons. The van der Waals surface area contributed by atoms with E-state index in [1.54, 1.807) is 0 Å². The highest BCUT2D eigenvalue weighted by atomic mass is 31.2.